The van der Waals surface area contributed by atoms with Gasteiger partial charge in [0, 0.05) is 22.2 Å². The van der Waals surface area contributed by atoms with Crippen molar-refractivity contribution in [2.24, 2.45) is 0 Å². The molecule has 0 unspecified atom stereocenters. The topological polar surface area (TPSA) is 93.0 Å². The maximum Gasteiger partial charge on any atom is 0.277 e. The molecule has 2 N–H and O–H groups in total. The molecule has 0 bridgehead atoms. The molecule has 0 saturated heterocycles. The molecule has 8 heteroatoms. The third-order valence-electron chi connectivity index (χ3n) is 4.67. The number of carbonyl (C=O) groups excluding carboxylic acids is 1. The van der Waals surface area contributed by atoms with Gasteiger partial charge in [0.15, 0.2) is 0 Å². The van der Waals surface area contributed by atoms with Crippen molar-refractivity contribution in [3.63, 3.8) is 0 Å². The normalized spacial score (nSPS) is 11.0. The number of aryl methyl sites for hydroxylation is 2. The molecule has 0 atom stereocenters. The number of fused-ring (bicyclic) bond motifs is 1. The van der Waals surface area contributed by atoms with Crippen molar-refractivity contribution in [1.29, 1.82) is 0 Å². The van der Waals surface area contributed by atoms with Crippen LogP contribution >= 0.6 is 11.8 Å². The molecule has 0 saturated carbocycles. The van der Waals surface area contributed by atoms with E-state index in [1.807, 2.05) is 37.3 Å². The Labute approximate surface area is 171 Å². The van der Waals surface area contributed by atoms with E-state index in [4.69, 9.17) is 9.15 Å². The van der Waals surface area contributed by atoms with Crippen molar-refractivity contribution in [2.75, 3.05) is 18.2 Å². The number of methoxy groups -OCH3 is 1. The summed E-state index contributed by atoms with van der Waals surface area (Å²) in [5, 5.41) is 12.5. The van der Waals surface area contributed by atoms with Crippen molar-refractivity contribution >= 4 is 34.3 Å². The number of nitrogens with one attached hydrogen (secondary N) is 2. The number of aromatic amines is 1. The molecule has 0 aliphatic heterocycles. The average Bonchev–Trinajstić information content (AvgIpc) is 3.31. The Bertz CT molecular complexity index is 1180. The zero-order valence-corrected chi connectivity index (χ0v) is 17.1. The Morgan fingerprint density at radius 1 is 1.21 bits per heavy atom. The fourth-order valence-corrected chi connectivity index (χ4v) is 3.60. The zero-order chi connectivity index (χ0) is 20.4. The fraction of sp³-hybridized carbons (Fsp3) is 0.190. The summed E-state index contributed by atoms with van der Waals surface area (Å²) in [5.74, 6) is 1.00. The van der Waals surface area contributed by atoms with Crippen molar-refractivity contribution < 1.29 is 13.9 Å². The molecule has 0 spiro atoms. The minimum absolute atomic E-state index is 0.148. The summed E-state index contributed by atoms with van der Waals surface area (Å²) in [7, 11) is 1.56. The number of hydrogen-bond donors (Lipinski definition) is 2. The third kappa shape index (κ3) is 3.97. The van der Waals surface area contributed by atoms with E-state index in [0.29, 0.717) is 22.6 Å². The molecule has 148 valence electrons. The number of para-hydroxylation sites is 2. The second kappa shape index (κ2) is 8.00. The second-order valence-electron chi connectivity index (χ2n) is 6.55. The van der Waals surface area contributed by atoms with Crippen LogP contribution in [0.3, 0.4) is 0 Å². The highest BCUT2D eigenvalue weighted by molar-refractivity contribution is 7.99. The number of thioether (sulfide) groups is 1. The number of aromatic nitrogens is 3. The summed E-state index contributed by atoms with van der Waals surface area (Å²) in [6.07, 6.45) is 0. The van der Waals surface area contributed by atoms with Gasteiger partial charge in [-0.3, -0.25) is 4.79 Å². The molecule has 4 aromatic rings. The Morgan fingerprint density at radius 3 is 2.86 bits per heavy atom. The standard InChI is InChI=1S/C21H20N4O3S/c1-12-13(2)22-16-9-8-14(10-15(12)16)20-24-25-21(28-20)29-11-19(26)23-17-6-4-5-7-18(17)27-3/h4-10,22H,11H2,1-3H3,(H,23,26). The number of amides is 1. The first-order valence-corrected chi connectivity index (χ1v) is 10.0. The number of hydrogen-bond acceptors (Lipinski definition) is 6. The molecule has 2 aromatic carbocycles. The summed E-state index contributed by atoms with van der Waals surface area (Å²) in [6, 6.07) is 13.2. The van der Waals surface area contributed by atoms with Crippen LogP contribution in [0.4, 0.5) is 5.69 Å². The van der Waals surface area contributed by atoms with Gasteiger partial charge in [-0.25, -0.2) is 0 Å². The molecule has 29 heavy (non-hydrogen) atoms. The quantitative estimate of drug-likeness (QED) is 0.454. The molecule has 0 aliphatic carbocycles. The molecule has 4 rings (SSSR count). The van der Waals surface area contributed by atoms with Gasteiger partial charge in [-0.05, 0) is 49.7 Å². The molecule has 1 amide bonds. The van der Waals surface area contributed by atoms with Gasteiger partial charge in [0.2, 0.25) is 11.8 Å². The van der Waals surface area contributed by atoms with Crippen LogP contribution in [0.25, 0.3) is 22.4 Å². The summed E-state index contributed by atoms with van der Waals surface area (Å²) in [4.78, 5) is 15.6. The fourth-order valence-electron chi connectivity index (χ4n) is 3.04. The predicted octanol–water partition coefficient (Wildman–Crippen LogP) is 4.57. The Morgan fingerprint density at radius 2 is 2.03 bits per heavy atom. The number of ether oxygens (including phenoxy) is 1. The maximum atomic E-state index is 12.2. The molecular weight excluding hydrogens is 388 g/mol. The first kappa shape index (κ1) is 19.1. The van der Waals surface area contributed by atoms with E-state index >= 15 is 0 Å². The zero-order valence-electron chi connectivity index (χ0n) is 16.3. The van der Waals surface area contributed by atoms with Gasteiger partial charge in [0.05, 0.1) is 18.6 Å². The van der Waals surface area contributed by atoms with Crippen LogP contribution in [0.2, 0.25) is 0 Å². The van der Waals surface area contributed by atoms with E-state index in [1.165, 1.54) is 17.3 Å². The number of carbonyl (C=O) groups is 1. The lowest BCUT2D eigenvalue weighted by atomic mass is 10.1. The van der Waals surface area contributed by atoms with Crippen LogP contribution in [-0.4, -0.2) is 34.0 Å². The van der Waals surface area contributed by atoms with Gasteiger partial charge < -0.3 is 19.5 Å². The van der Waals surface area contributed by atoms with E-state index < -0.39 is 0 Å². The molecule has 7 nitrogen and oxygen atoms in total. The summed E-state index contributed by atoms with van der Waals surface area (Å²) >= 11 is 1.19. The Balaban J connectivity index is 1.43. The smallest absolute Gasteiger partial charge is 0.277 e. The summed E-state index contributed by atoms with van der Waals surface area (Å²) < 4.78 is 11.0. The molecule has 0 aliphatic rings. The van der Waals surface area contributed by atoms with E-state index in [1.54, 1.807) is 19.2 Å². The van der Waals surface area contributed by atoms with Crippen molar-refractivity contribution in [3.8, 4) is 17.2 Å². The van der Waals surface area contributed by atoms with Crippen LogP contribution < -0.4 is 10.1 Å². The number of H-pyrrole nitrogens is 1. The van der Waals surface area contributed by atoms with Gasteiger partial charge >= 0.3 is 0 Å². The van der Waals surface area contributed by atoms with E-state index in [2.05, 4.69) is 27.4 Å². The highest BCUT2D eigenvalue weighted by Crippen LogP contribution is 2.29. The lowest BCUT2D eigenvalue weighted by molar-refractivity contribution is -0.113. The van der Waals surface area contributed by atoms with E-state index in [0.717, 1.165) is 22.2 Å². The lowest BCUT2D eigenvalue weighted by Gasteiger charge is -2.08. The van der Waals surface area contributed by atoms with Gasteiger partial charge in [-0.15, -0.1) is 10.2 Å². The van der Waals surface area contributed by atoms with Crippen LogP contribution in [0.15, 0.2) is 52.1 Å². The number of anilines is 1. The number of benzene rings is 2. The van der Waals surface area contributed by atoms with Crippen LogP contribution in [0, 0.1) is 13.8 Å². The van der Waals surface area contributed by atoms with Gasteiger partial charge in [0.25, 0.3) is 5.22 Å². The predicted molar refractivity (Wildman–Crippen MR) is 113 cm³/mol. The molecular formula is C21H20N4O3S. The summed E-state index contributed by atoms with van der Waals surface area (Å²) in [6.45, 7) is 4.12. The lowest BCUT2D eigenvalue weighted by Crippen LogP contribution is -2.14. The highest BCUT2D eigenvalue weighted by Gasteiger charge is 2.14. The first-order valence-electron chi connectivity index (χ1n) is 9.03. The third-order valence-corrected chi connectivity index (χ3v) is 5.49. The molecule has 0 radical (unpaired) electrons. The minimum atomic E-state index is -0.181. The SMILES string of the molecule is COc1ccccc1NC(=O)CSc1nnc(-c2ccc3[nH]c(C)c(C)c3c2)o1. The Kier molecular flexibility index (Phi) is 5.26. The van der Waals surface area contributed by atoms with E-state index in [-0.39, 0.29) is 11.7 Å². The molecule has 2 aromatic heterocycles. The largest absolute Gasteiger partial charge is 0.495 e. The van der Waals surface area contributed by atoms with Crippen LogP contribution in [0.5, 0.6) is 5.75 Å². The van der Waals surface area contributed by atoms with Gasteiger partial charge in [0.1, 0.15) is 5.75 Å². The minimum Gasteiger partial charge on any atom is -0.495 e. The highest BCUT2D eigenvalue weighted by atomic mass is 32.2. The van der Waals surface area contributed by atoms with Crippen LogP contribution in [0.1, 0.15) is 11.3 Å². The van der Waals surface area contributed by atoms with Crippen molar-refractivity contribution in [2.45, 2.75) is 19.1 Å². The van der Waals surface area contributed by atoms with E-state index in [9.17, 15) is 4.79 Å². The average molecular weight is 408 g/mol. The first-order chi connectivity index (χ1) is 14.0. The monoisotopic (exact) mass is 408 g/mol. The van der Waals surface area contributed by atoms with Gasteiger partial charge in [-0.2, -0.15) is 0 Å². The van der Waals surface area contributed by atoms with Crippen molar-refractivity contribution in [1.82, 2.24) is 15.2 Å². The maximum absolute atomic E-state index is 12.2. The molecule has 2 heterocycles. The molecule has 0 fully saturated rings. The van der Waals surface area contributed by atoms with Crippen molar-refractivity contribution in [3.05, 3.63) is 53.7 Å². The van der Waals surface area contributed by atoms with Gasteiger partial charge in [-0.1, -0.05) is 23.9 Å². The second-order valence-corrected chi connectivity index (χ2v) is 7.47. The summed E-state index contributed by atoms with van der Waals surface area (Å²) in [5.41, 5.74) is 4.88. The number of nitrogens with zero attached hydrogens (tertiary/aromatic N) is 2. The van der Waals surface area contributed by atoms with Crippen LogP contribution in [-0.2, 0) is 4.79 Å². The number of rotatable bonds is 6. The Hall–Kier alpha value is -3.26.